The Balaban J connectivity index is -0.00000106. The molecule has 5 atom stereocenters. The number of aromatic hydroxyl groups is 1. The first-order chi connectivity index (χ1) is 37.3. The molecule has 5 aromatic carbocycles. The molecule has 5 N–H and O–H groups in total. The summed E-state index contributed by atoms with van der Waals surface area (Å²) in [7, 11) is 0. The zero-order valence-corrected chi connectivity index (χ0v) is 47.9. The number of aliphatic hydroxyl groups excluding tert-OH is 1. The third-order valence-electron chi connectivity index (χ3n) is 10.9. The van der Waals surface area contributed by atoms with Gasteiger partial charge in [0.2, 0.25) is 0 Å². The predicted octanol–water partition coefficient (Wildman–Crippen LogP) is 9.32. The second-order valence-electron chi connectivity index (χ2n) is 17.8. The maximum Gasteiger partial charge on any atom is 0.491 e. The van der Waals surface area contributed by atoms with Gasteiger partial charge in [-0.3, -0.25) is 0 Å². The Labute approximate surface area is 573 Å². The molecule has 0 fully saturated rings. The molecule has 0 bridgehead atoms. The topological polar surface area (TPSA) is 259 Å². The Morgan fingerprint density at radius 3 is 1.20 bits per heavy atom. The number of ether oxygens (including phenoxy) is 6. The average molecular weight is 1270 g/mol. The number of hydrogen-bond acceptors (Lipinski definition) is 17. The summed E-state index contributed by atoms with van der Waals surface area (Å²) >= 11 is 0. The fraction of sp³-hybridized carbons (Fsp3) is 0.379. The minimum absolute atomic E-state index is 0. The van der Waals surface area contributed by atoms with Crippen LogP contribution in [0.15, 0.2) is 133 Å². The number of carbonyl (C=O) groups excluding carboxylic acids is 6. The van der Waals surface area contributed by atoms with E-state index in [1.165, 1.54) is 39.8 Å². The molecule has 5 aromatic rings. The molecule has 0 spiro atoms. The second kappa shape index (κ2) is 40.4. The summed E-state index contributed by atoms with van der Waals surface area (Å²) in [5, 5.41) is 50.2. The van der Waals surface area contributed by atoms with Crippen molar-refractivity contribution in [2.75, 3.05) is 19.8 Å². The van der Waals surface area contributed by atoms with Crippen molar-refractivity contribution in [1.29, 1.82) is 0 Å². The van der Waals surface area contributed by atoms with E-state index in [1.54, 1.807) is 81.4 Å². The third kappa shape index (κ3) is 30.0. The molecule has 84 heavy (non-hydrogen) atoms. The van der Waals surface area contributed by atoms with Crippen molar-refractivity contribution in [2.24, 2.45) is 0 Å². The molecule has 5 rings (SSSR count). The summed E-state index contributed by atoms with van der Waals surface area (Å²) in [4.78, 5) is 66.3. The number of phenols is 1. The van der Waals surface area contributed by atoms with Gasteiger partial charge in [0.15, 0.2) is 16.8 Å². The normalized spacial score (nSPS) is 13.3. The molecule has 0 aliphatic rings. The number of phenolic OH excluding ortho intramolecular Hbond substituents is 1. The van der Waals surface area contributed by atoms with Crippen LogP contribution in [0.25, 0.3) is 0 Å². The van der Waals surface area contributed by atoms with Crippen LogP contribution in [0, 0.1) is 113 Å². The molecule has 0 aliphatic carbocycles. The van der Waals surface area contributed by atoms with Gasteiger partial charge in [0.1, 0.15) is 42.3 Å². The van der Waals surface area contributed by atoms with E-state index in [1.807, 2.05) is 60.7 Å². The number of alkyl halides is 6. The van der Waals surface area contributed by atoms with E-state index >= 15 is 0 Å². The van der Waals surface area contributed by atoms with Crippen molar-refractivity contribution < 1.29 is 222 Å². The fourth-order valence-corrected chi connectivity index (χ4v) is 6.66. The first kappa shape index (κ1) is 84.1. The van der Waals surface area contributed by atoms with Crippen molar-refractivity contribution >= 4 is 35.6 Å². The summed E-state index contributed by atoms with van der Waals surface area (Å²) < 4.78 is 95.6. The van der Waals surface area contributed by atoms with Gasteiger partial charge in [-0.15, -0.1) is 0 Å². The molecular formula is C58H68Ar3F6O17. The zero-order chi connectivity index (χ0) is 60.5. The van der Waals surface area contributed by atoms with E-state index in [0.29, 0.717) is 35.8 Å². The first-order valence-corrected chi connectivity index (χ1v) is 24.4. The molecule has 0 amide bonds. The summed E-state index contributed by atoms with van der Waals surface area (Å²) in [6.45, 7) is 11.9. The Morgan fingerprint density at radius 1 is 0.488 bits per heavy atom. The Morgan fingerprint density at radius 2 is 0.845 bits per heavy atom. The second-order valence-corrected chi connectivity index (χ2v) is 17.8. The van der Waals surface area contributed by atoms with Crippen LogP contribution < -0.4 is 9.47 Å². The van der Waals surface area contributed by atoms with E-state index in [4.69, 9.17) is 28.8 Å². The van der Waals surface area contributed by atoms with Crippen LogP contribution in [0.4, 0.5) is 26.3 Å². The first-order valence-electron chi connectivity index (χ1n) is 24.4. The minimum atomic E-state index is -5.62. The Kier molecular flexibility index (Phi) is 40.5. The van der Waals surface area contributed by atoms with Gasteiger partial charge in [0.05, 0.1) is 19.8 Å². The number of esters is 5. The zero-order valence-electron chi connectivity index (χ0n) is 45.8. The molecule has 0 saturated heterocycles. The van der Waals surface area contributed by atoms with Crippen molar-refractivity contribution in [2.45, 2.75) is 123 Å². The predicted molar refractivity (Wildman–Crippen MR) is 281 cm³/mol. The van der Waals surface area contributed by atoms with Crippen LogP contribution in [0.2, 0.25) is 0 Å². The summed E-state index contributed by atoms with van der Waals surface area (Å²) in [5.74, 6) is -7.99. The molecule has 468 valence electrons. The monoisotopic (exact) mass is 1270 g/mol. The maximum absolute atomic E-state index is 12.2. The van der Waals surface area contributed by atoms with Crippen molar-refractivity contribution in [3.05, 3.63) is 161 Å². The van der Waals surface area contributed by atoms with E-state index in [2.05, 4.69) is 4.74 Å². The van der Waals surface area contributed by atoms with Crippen LogP contribution in [0.3, 0.4) is 0 Å². The number of ketones is 1. The third-order valence-corrected chi connectivity index (χ3v) is 10.9. The van der Waals surface area contributed by atoms with Crippen LogP contribution in [-0.2, 0) is 67.3 Å². The molecule has 0 aliphatic heterocycles. The van der Waals surface area contributed by atoms with Gasteiger partial charge in [-0.1, -0.05) is 104 Å². The standard InChI is InChI=1S/C22H26O5.C19H22O5.C12H16O4.C4F6O3.CH4.3Ar/c1-4-26-21(24)22(3,25)20(14-16(2)23)18-10-12-19(13-11-18)27-15-17-8-6-5-7-9-17;1-3-23-18(21)19(2,22)17(20)15-9-11-16(12-10-15)24-13-14-7-5-4-6-8-14;1-3-16-11(14)12(2,15)8-9-4-6-10(13)7-5-9;5-3(6,7)1(11)13-2(12)4(8,9)10;;;;/h5-13,20,25H,4,14-15H2,1-3H3;4-12,17,20,22H,3,13H2,1-2H3;4-7,13,15H,3,8H2,1-2H3;;1H4;;;. The van der Waals surface area contributed by atoms with Crippen LogP contribution >= 0.6 is 0 Å². The Hall–Kier alpha value is -4.08. The molecule has 0 aromatic heterocycles. The SMILES string of the molecule is C.CCOC(=O)C(C)(O)C(CC(C)=O)c1ccc(OCc2ccccc2)cc1.CCOC(=O)C(C)(O)C(O)c1ccc(OCc2ccccc2)cc1.CCOC(=O)C(C)(O)Cc1ccc(O)cc1.O=C(OC(=O)C(F)(F)F)C(F)(F)F.[Ar].[Ar].[Ar]. The van der Waals surface area contributed by atoms with Gasteiger partial charge in [-0.25, -0.2) is 24.0 Å². The van der Waals surface area contributed by atoms with E-state index in [0.717, 1.165) is 16.7 Å². The largest absolute Gasteiger partial charge is 0.508 e. The molecule has 0 radical (unpaired) electrons. The number of aliphatic hydroxyl groups is 4. The molecule has 0 saturated carbocycles. The molecule has 5 unspecified atom stereocenters. The average Bonchev–Trinajstić information content (AvgIpc) is 3.40. The van der Waals surface area contributed by atoms with Crippen molar-refractivity contribution in [3.63, 3.8) is 0 Å². The van der Waals surface area contributed by atoms with E-state index in [9.17, 15) is 75.5 Å². The quantitative estimate of drug-likeness (QED) is 0.0210. The Bertz CT molecular complexity index is 2710. The van der Waals surface area contributed by atoms with Gasteiger partial charge in [0.25, 0.3) is 0 Å². The van der Waals surface area contributed by atoms with Gasteiger partial charge in [0, 0.05) is 132 Å². The smallest absolute Gasteiger partial charge is 0.491 e. The van der Waals surface area contributed by atoms with E-state index in [-0.39, 0.29) is 165 Å². The van der Waals surface area contributed by atoms with Gasteiger partial charge >= 0.3 is 42.2 Å². The van der Waals surface area contributed by atoms with Gasteiger partial charge in [-0.2, -0.15) is 26.3 Å². The molecule has 17 nitrogen and oxygen atoms in total. The molecule has 26 heteroatoms. The molecular weight excluding hydrogens is 1200 g/mol. The van der Waals surface area contributed by atoms with Crippen LogP contribution in [-0.4, -0.2) is 110 Å². The number of Topliss-reactive ketones (excluding diaryl/α,β-unsaturated/α-hetero) is 1. The maximum atomic E-state index is 12.2. The summed E-state index contributed by atoms with van der Waals surface area (Å²) in [6, 6.07) is 39.6. The van der Waals surface area contributed by atoms with Gasteiger partial charge in [-0.05, 0) is 113 Å². The number of halogens is 6. The number of benzene rings is 5. The van der Waals surface area contributed by atoms with Crippen LogP contribution in [0.1, 0.15) is 102 Å². The van der Waals surface area contributed by atoms with Gasteiger partial charge < -0.3 is 58.7 Å². The summed E-state index contributed by atoms with van der Waals surface area (Å²) in [5.41, 5.74) is -1.40. The fourth-order valence-electron chi connectivity index (χ4n) is 6.66. The summed E-state index contributed by atoms with van der Waals surface area (Å²) in [6.07, 6.45) is -12.4. The number of hydrogen-bond donors (Lipinski definition) is 5. The molecule has 0 heterocycles. The van der Waals surface area contributed by atoms with Crippen LogP contribution in [0.5, 0.6) is 17.2 Å². The minimum Gasteiger partial charge on any atom is -0.508 e. The number of carbonyl (C=O) groups is 6. The van der Waals surface area contributed by atoms with E-state index < -0.39 is 71.0 Å². The van der Waals surface area contributed by atoms with Crippen molar-refractivity contribution in [1.82, 2.24) is 0 Å². The van der Waals surface area contributed by atoms with Crippen molar-refractivity contribution in [3.8, 4) is 17.2 Å². The number of rotatable bonds is 20.